The number of aromatic nitrogens is 3. The van der Waals surface area contributed by atoms with Crippen LogP contribution >= 0.6 is 11.8 Å². The average Bonchev–Trinajstić information content (AvgIpc) is 3.06. The van der Waals surface area contributed by atoms with Crippen LogP contribution in [0.2, 0.25) is 0 Å². The van der Waals surface area contributed by atoms with Crippen molar-refractivity contribution in [1.29, 1.82) is 0 Å². The summed E-state index contributed by atoms with van der Waals surface area (Å²) >= 11 is 1.54. The Labute approximate surface area is 168 Å². The minimum atomic E-state index is -0.148. The maximum absolute atomic E-state index is 12.3. The molecule has 0 unspecified atom stereocenters. The van der Waals surface area contributed by atoms with E-state index in [0.29, 0.717) is 18.1 Å². The van der Waals surface area contributed by atoms with Gasteiger partial charge in [-0.1, -0.05) is 30.0 Å². The molecule has 8 heteroatoms. The monoisotopic (exact) mass is 398 g/mol. The molecule has 7 nitrogen and oxygen atoms in total. The fourth-order valence-corrected chi connectivity index (χ4v) is 3.20. The van der Waals surface area contributed by atoms with E-state index < -0.39 is 0 Å². The molecule has 0 bridgehead atoms. The van der Waals surface area contributed by atoms with Gasteiger partial charge in [0.15, 0.2) is 5.16 Å². The molecule has 0 aliphatic heterocycles. The second-order valence-electron chi connectivity index (χ2n) is 5.92. The number of anilines is 1. The van der Waals surface area contributed by atoms with Crippen LogP contribution in [0, 0.1) is 0 Å². The van der Waals surface area contributed by atoms with E-state index in [-0.39, 0.29) is 12.3 Å². The second kappa shape index (κ2) is 9.80. The van der Waals surface area contributed by atoms with E-state index in [2.05, 4.69) is 15.5 Å². The minimum absolute atomic E-state index is 0.148. The van der Waals surface area contributed by atoms with Gasteiger partial charge in [0.25, 0.3) is 0 Å². The molecule has 0 spiro atoms. The Bertz CT molecular complexity index is 898. The molecule has 146 valence electrons. The number of nitrogens with zero attached hydrogens (tertiary/aromatic N) is 3. The van der Waals surface area contributed by atoms with Gasteiger partial charge >= 0.3 is 0 Å². The number of carbonyl (C=O) groups is 1. The summed E-state index contributed by atoms with van der Waals surface area (Å²) in [5.74, 6) is 2.78. The highest BCUT2D eigenvalue weighted by molar-refractivity contribution is 7.99. The van der Waals surface area contributed by atoms with E-state index in [1.54, 1.807) is 43.1 Å². The minimum Gasteiger partial charge on any atom is -0.497 e. The number of methoxy groups -OCH3 is 1. The zero-order valence-electron chi connectivity index (χ0n) is 15.8. The van der Waals surface area contributed by atoms with Gasteiger partial charge in [-0.05, 0) is 36.4 Å². The van der Waals surface area contributed by atoms with Crippen molar-refractivity contribution < 1.29 is 14.3 Å². The summed E-state index contributed by atoms with van der Waals surface area (Å²) in [6, 6.07) is 16.9. The highest BCUT2D eigenvalue weighted by atomic mass is 32.2. The van der Waals surface area contributed by atoms with Crippen molar-refractivity contribution in [3.05, 3.63) is 60.4 Å². The van der Waals surface area contributed by atoms with E-state index in [9.17, 15) is 4.79 Å². The Balaban J connectivity index is 1.47. The summed E-state index contributed by atoms with van der Waals surface area (Å²) in [5.41, 5.74) is 0.709. The summed E-state index contributed by atoms with van der Waals surface area (Å²) in [6.45, 7) is 0.564. The van der Waals surface area contributed by atoms with Crippen molar-refractivity contribution >= 4 is 23.4 Å². The summed E-state index contributed by atoms with van der Waals surface area (Å²) in [6.07, 6.45) is 0.149. The third kappa shape index (κ3) is 5.50. The molecule has 0 aliphatic carbocycles. The Kier molecular flexibility index (Phi) is 6.91. The fourth-order valence-electron chi connectivity index (χ4n) is 2.46. The molecule has 3 rings (SSSR count). The van der Waals surface area contributed by atoms with Gasteiger partial charge in [-0.25, -0.2) is 0 Å². The third-order valence-electron chi connectivity index (χ3n) is 3.94. The van der Waals surface area contributed by atoms with Crippen LogP contribution in [-0.4, -0.2) is 40.1 Å². The molecule has 0 radical (unpaired) electrons. The maximum atomic E-state index is 12.3. The van der Waals surface area contributed by atoms with Crippen LogP contribution in [0.15, 0.2) is 59.8 Å². The van der Waals surface area contributed by atoms with E-state index in [4.69, 9.17) is 9.47 Å². The molecule has 0 saturated heterocycles. The van der Waals surface area contributed by atoms with Gasteiger partial charge in [0, 0.05) is 18.5 Å². The molecule has 2 aromatic carbocycles. The summed E-state index contributed by atoms with van der Waals surface area (Å²) < 4.78 is 12.6. The van der Waals surface area contributed by atoms with Crippen LogP contribution in [0.1, 0.15) is 5.82 Å². The number of hydrogen-bond acceptors (Lipinski definition) is 6. The lowest BCUT2D eigenvalue weighted by atomic mass is 10.3. The maximum Gasteiger partial charge on any atom is 0.232 e. The Morgan fingerprint density at radius 2 is 1.82 bits per heavy atom. The molecular formula is C20H22N4O3S. The lowest BCUT2D eigenvalue weighted by Gasteiger charge is -2.07. The van der Waals surface area contributed by atoms with Crippen LogP contribution in [0.25, 0.3) is 0 Å². The Morgan fingerprint density at radius 3 is 2.54 bits per heavy atom. The van der Waals surface area contributed by atoms with Crippen molar-refractivity contribution in [3.8, 4) is 11.5 Å². The van der Waals surface area contributed by atoms with Gasteiger partial charge in [0.2, 0.25) is 5.91 Å². The lowest BCUT2D eigenvalue weighted by Crippen LogP contribution is -2.17. The van der Waals surface area contributed by atoms with Crippen molar-refractivity contribution in [2.24, 2.45) is 7.05 Å². The van der Waals surface area contributed by atoms with Gasteiger partial charge in [-0.3, -0.25) is 4.79 Å². The Morgan fingerprint density at radius 1 is 1.07 bits per heavy atom. The predicted octanol–water partition coefficient (Wildman–Crippen LogP) is 3.18. The van der Waals surface area contributed by atoms with Crippen LogP contribution < -0.4 is 14.8 Å². The van der Waals surface area contributed by atoms with Gasteiger partial charge in [0.05, 0.1) is 20.1 Å². The molecule has 1 aromatic heterocycles. The fraction of sp³-hybridized carbons (Fsp3) is 0.250. The zero-order valence-corrected chi connectivity index (χ0v) is 16.6. The first kappa shape index (κ1) is 19.8. The molecule has 1 N–H and O–H groups in total. The molecule has 0 saturated carbocycles. The quantitative estimate of drug-likeness (QED) is 0.441. The van der Waals surface area contributed by atoms with Crippen LogP contribution in [-0.2, 0) is 18.3 Å². The molecule has 3 aromatic rings. The number of para-hydroxylation sites is 1. The highest BCUT2D eigenvalue weighted by Gasteiger charge is 2.13. The van der Waals surface area contributed by atoms with Crippen LogP contribution in [0.3, 0.4) is 0 Å². The van der Waals surface area contributed by atoms with E-state index in [1.165, 1.54) is 0 Å². The van der Waals surface area contributed by atoms with Crippen molar-refractivity contribution in [2.45, 2.75) is 11.6 Å². The molecule has 0 fully saturated rings. The van der Waals surface area contributed by atoms with Crippen LogP contribution in [0.5, 0.6) is 11.5 Å². The lowest BCUT2D eigenvalue weighted by molar-refractivity contribution is -0.115. The second-order valence-corrected chi connectivity index (χ2v) is 6.98. The smallest absolute Gasteiger partial charge is 0.232 e. The standard InChI is InChI=1S/C20H22N4O3S/c1-24-18(14-19(25)21-15-8-10-16(26-2)11-9-15)22-23-20(24)28-13-12-27-17-6-4-3-5-7-17/h3-11H,12-14H2,1-2H3,(H,21,25). The first-order valence-electron chi connectivity index (χ1n) is 8.78. The molecule has 1 amide bonds. The average molecular weight is 398 g/mol. The number of carbonyl (C=O) groups excluding carboxylic acids is 1. The molecule has 0 aliphatic rings. The number of hydrogen-bond donors (Lipinski definition) is 1. The number of thioether (sulfide) groups is 1. The summed E-state index contributed by atoms with van der Waals surface area (Å²) in [5, 5.41) is 11.9. The first-order chi connectivity index (χ1) is 13.7. The predicted molar refractivity (Wildman–Crippen MR) is 109 cm³/mol. The highest BCUT2D eigenvalue weighted by Crippen LogP contribution is 2.18. The number of benzene rings is 2. The van der Waals surface area contributed by atoms with E-state index in [0.717, 1.165) is 22.4 Å². The molecule has 1 heterocycles. The number of amides is 1. The van der Waals surface area contributed by atoms with Gasteiger partial charge in [-0.15, -0.1) is 10.2 Å². The molecule has 0 atom stereocenters. The molecule has 28 heavy (non-hydrogen) atoms. The van der Waals surface area contributed by atoms with Crippen LogP contribution in [0.4, 0.5) is 5.69 Å². The molecular weight excluding hydrogens is 376 g/mol. The van der Waals surface area contributed by atoms with Gasteiger partial charge < -0.3 is 19.4 Å². The van der Waals surface area contributed by atoms with Crippen molar-refractivity contribution in [3.63, 3.8) is 0 Å². The third-order valence-corrected chi connectivity index (χ3v) is 4.93. The van der Waals surface area contributed by atoms with Gasteiger partial charge in [-0.2, -0.15) is 0 Å². The van der Waals surface area contributed by atoms with Gasteiger partial charge in [0.1, 0.15) is 17.3 Å². The van der Waals surface area contributed by atoms with Crippen molar-refractivity contribution in [1.82, 2.24) is 14.8 Å². The van der Waals surface area contributed by atoms with E-state index >= 15 is 0 Å². The van der Waals surface area contributed by atoms with Crippen molar-refractivity contribution in [2.75, 3.05) is 24.8 Å². The SMILES string of the molecule is COc1ccc(NC(=O)Cc2nnc(SCCOc3ccccc3)n2C)cc1. The normalized spacial score (nSPS) is 10.5. The van der Waals surface area contributed by atoms with E-state index in [1.807, 2.05) is 41.9 Å². The number of rotatable bonds is 9. The summed E-state index contributed by atoms with van der Waals surface area (Å²) in [4.78, 5) is 12.3. The Hall–Kier alpha value is -3.00. The summed E-state index contributed by atoms with van der Waals surface area (Å²) in [7, 11) is 3.46. The number of ether oxygens (including phenoxy) is 2. The number of nitrogens with one attached hydrogen (secondary N) is 1. The first-order valence-corrected chi connectivity index (χ1v) is 9.77. The largest absolute Gasteiger partial charge is 0.497 e. The zero-order chi connectivity index (χ0) is 19.8. The topological polar surface area (TPSA) is 78.3 Å².